The highest BCUT2D eigenvalue weighted by Crippen LogP contribution is 2.47. The molecule has 1 aromatic rings. The third kappa shape index (κ3) is 2.66. The Hall–Kier alpha value is -2.15. The summed E-state index contributed by atoms with van der Waals surface area (Å²) in [4.78, 5) is 37.7. The van der Waals surface area contributed by atoms with Crippen molar-refractivity contribution in [2.45, 2.75) is 24.9 Å². The van der Waals surface area contributed by atoms with E-state index in [2.05, 4.69) is 0 Å². The third-order valence-electron chi connectivity index (χ3n) is 4.97. The van der Waals surface area contributed by atoms with E-state index in [1.165, 1.54) is 30.0 Å². The Bertz CT molecular complexity index is 821. The van der Waals surface area contributed by atoms with Crippen LogP contribution in [0.5, 0.6) is 0 Å². The summed E-state index contributed by atoms with van der Waals surface area (Å²) in [6.45, 7) is 1.25. The van der Waals surface area contributed by atoms with Crippen molar-refractivity contribution in [2.24, 2.45) is 0 Å². The number of ketones is 2. The fraction of sp³-hybridized carbons (Fsp3) is 0.389. The SMILES string of the molecule is O=CN1CCCC2(CC1)CSC1=C(O2)c2cc(F)ccc2C(=O)C1=O. The number of Topliss-reactive ketones (excluding diaryl/α,β-unsaturated/α-hetero) is 2. The van der Waals surface area contributed by atoms with Gasteiger partial charge in [0, 0.05) is 36.4 Å². The molecule has 1 fully saturated rings. The molecule has 1 saturated heterocycles. The van der Waals surface area contributed by atoms with Gasteiger partial charge in [-0.3, -0.25) is 14.4 Å². The van der Waals surface area contributed by atoms with Crippen molar-refractivity contribution in [3.05, 3.63) is 40.0 Å². The smallest absolute Gasteiger partial charge is 0.243 e. The lowest BCUT2D eigenvalue weighted by atomic mass is 9.91. The van der Waals surface area contributed by atoms with Gasteiger partial charge in [-0.15, -0.1) is 11.8 Å². The molecule has 7 heteroatoms. The van der Waals surface area contributed by atoms with Crippen LogP contribution in [-0.2, 0) is 14.3 Å². The van der Waals surface area contributed by atoms with Crippen LogP contribution >= 0.6 is 11.8 Å². The Labute approximate surface area is 148 Å². The van der Waals surface area contributed by atoms with Crippen LogP contribution in [-0.4, -0.2) is 47.3 Å². The number of ether oxygens (including phenoxy) is 1. The summed E-state index contributed by atoms with van der Waals surface area (Å²) in [7, 11) is 0. The van der Waals surface area contributed by atoms with Crippen molar-refractivity contribution >= 4 is 35.5 Å². The number of likely N-dealkylation sites (tertiary alicyclic amines) is 1. The summed E-state index contributed by atoms with van der Waals surface area (Å²) in [5, 5.41) is 0. The van der Waals surface area contributed by atoms with Crippen LogP contribution in [0.4, 0.5) is 4.39 Å². The highest BCUT2D eigenvalue weighted by Gasteiger charge is 2.45. The second-order valence-electron chi connectivity index (χ2n) is 6.58. The number of thioether (sulfide) groups is 1. The molecule has 1 aromatic carbocycles. The molecule has 3 aliphatic rings. The molecule has 1 atom stereocenters. The maximum Gasteiger partial charge on any atom is 0.243 e. The van der Waals surface area contributed by atoms with Crippen molar-refractivity contribution in [3.63, 3.8) is 0 Å². The highest BCUT2D eigenvalue weighted by atomic mass is 32.2. The number of hydrogen-bond acceptors (Lipinski definition) is 5. The molecular weight excluding hydrogens is 345 g/mol. The van der Waals surface area contributed by atoms with E-state index in [0.717, 1.165) is 19.3 Å². The predicted octanol–water partition coefficient (Wildman–Crippen LogP) is 2.40. The van der Waals surface area contributed by atoms with E-state index in [1.54, 1.807) is 4.90 Å². The first-order valence-corrected chi connectivity index (χ1v) is 9.16. The Kier molecular flexibility index (Phi) is 3.91. The van der Waals surface area contributed by atoms with Gasteiger partial charge in [-0.05, 0) is 31.0 Å². The predicted molar refractivity (Wildman–Crippen MR) is 90.4 cm³/mol. The number of carbonyl (C=O) groups is 3. The first-order chi connectivity index (χ1) is 12.0. The number of rotatable bonds is 1. The normalized spacial score (nSPS) is 26.0. The minimum absolute atomic E-state index is 0.186. The fourth-order valence-electron chi connectivity index (χ4n) is 3.58. The molecule has 2 heterocycles. The Morgan fingerprint density at radius 2 is 2.00 bits per heavy atom. The standard InChI is InChI=1S/C18H16FNO4S/c19-11-2-3-12-13(8-11)16-17(15(23)14(12)22)25-9-18(24-16)4-1-6-20(10-21)7-5-18/h2-3,8,10H,1,4-7,9H2. The first-order valence-electron chi connectivity index (χ1n) is 8.17. The van der Waals surface area contributed by atoms with Crippen LogP contribution in [0.2, 0.25) is 0 Å². The van der Waals surface area contributed by atoms with Crippen molar-refractivity contribution in [1.29, 1.82) is 0 Å². The number of nitrogens with zero attached hydrogens (tertiary/aromatic N) is 1. The molecule has 25 heavy (non-hydrogen) atoms. The number of hydrogen-bond donors (Lipinski definition) is 0. The lowest BCUT2D eigenvalue weighted by molar-refractivity contribution is -0.118. The van der Waals surface area contributed by atoms with E-state index in [1.807, 2.05) is 0 Å². The van der Waals surface area contributed by atoms with Gasteiger partial charge in [-0.2, -0.15) is 0 Å². The second kappa shape index (κ2) is 5.98. The minimum atomic E-state index is -0.617. The average molecular weight is 361 g/mol. The molecule has 0 saturated carbocycles. The lowest BCUT2D eigenvalue weighted by Crippen LogP contribution is -2.41. The summed E-state index contributed by atoms with van der Waals surface area (Å²) >= 11 is 1.31. The Morgan fingerprint density at radius 1 is 1.16 bits per heavy atom. The van der Waals surface area contributed by atoms with Gasteiger partial charge < -0.3 is 9.64 Å². The van der Waals surface area contributed by atoms with Crippen LogP contribution in [0.15, 0.2) is 23.1 Å². The maximum absolute atomic E-state index is 13.7. The summed E-state index contributed by atoms with van der Waals surface area (Å²) in [5.41, 5.74) is 0.0273. The fourth-order valence-corrected chi connectivity index (χ4v) is 4.84. The average Bonchev–Trinajstić information content (AvgIpc) is 2.82. The number of halogens is 1. The number of carbonyl (C=O) groups excluding carboxylic acids is 3. The van der Waals surface area contributed by atoms with Gasteiger partial charge in [0.05, 0.1) is 0 Å². The zero-order chi connectivity index (χ0) is 17.6. The van der Waals surface area contributed by atoms with Crippen molar-refractivity contribution < 1.29 is 23.5 Å². The molecule has 1 aliphatic carbocycles. The highest BCUT2D eigenvalue weighted by molar-refractivity contribution is 8.04. The summed E-state index contributed by atoms with van der Waals surface area (Å²) < 4.78 is 20.0. The summed E-state index contributed by atoms with van der Waals surface area (Å²) in [6.07, 6.45) is 3.02. The molecule has 0 radical (unpaired) electrons. The molecule has 1 spiro atoms. The molecule has 0 N–H and O–H groups in total. The van der Waals surface area contributed by atoms with Crippen LogP contribution < -0.4 is 0 Å². The molecule has 1 unspecified atom stereocenters. The van der Waals surface area contributed by atoms with E-state index < -0.39 is 23.0 Å². The van der Waals surface area contributed by atoms with Gasteiger partial charge in [0.25, 0.3) is 0 Å². The molecular formula is C18H16FNO4S. The molecule has 0 bridgehead atoms. The van der Waals surface area contributed by atoms with Gasteiger partial charge in [0.15, 0.2) is 0 Å². The van der Waals surface area contributed by atoms with Gasteiger partial charge >= 0.3 is 0 Å². The van der Waals surface area contributed by atoms with E-state index in [4.69, 9.17) is 4.74 Å². The van der Waals surface area contributed by atoms with Gasteiger partial charge in [0.1, 0.15) is 22.1 Å². The van der Waals surface area contributed by atoms with E-state index >= 15 is 0 Å². The van der Waals surface area contributed by atoms with Crippen molar-refractivity contribution in [2.75, 3.05) is 18.8 Å². The molecule has 5 nitrogen and oxygen atoms in total. The zero-order valence-corrected chi connectivity index (χ0v) is 14.2. The van der Waals surface area contributed by atoms with Crippen LogP contribution in [0, 0.1) is 5.82 Å². The van der Waals surface area contributed by atoms with Crippen LogP contribution in [0.3, 0.4) is 0 Å². The van der Waals surface area contributed by atoms with E-state index in [-0.39, 0.29) is 10.5 Å². The third-order valence-corrected chi connectivity index (χ3v) is 6.30. The molecule has 4 rings (SSSR count). The van der Waals surface area contributed by atoms with Crippen molar-refractivity contribution in [1.82, 2.24) is 4.90 Å². The van der Waals surface area contributed by atoms with E-state index in [0.29, 0.717) is 36.6 Å². The Balaban J connectivity index is 1.74. The number of fused-ring (bicyclic) bond motifs is 2. The molecule has 130 valence electrons. The van der Waals surface area contributed by atoms with Gasteiger partial charge in [0.2, 0.25) is 18.0 Å². The first kappa shape index (κ1) is 16.3. The molecule has 2 aliphatic heterocycles. The van der Waals surface area contributed by atoms with Gasteiger partial charge in [-0.1, -0.05) is 0 Å². The monoisotopic (exact) mass is 361 g/mol. The number of allylic oxidation sites excluding steroid dienone is 1. The van der Waals surface area contributed by atoms with Gasteiger partial charge in [-0.25, -0.2) is 4.39 Å². The van der Waals surface area contributed by atoms with Crippen LogP contribution in [0.1, 0.15) is 35.2 Å². The molecule has 1 amide bonds. The summed E-state index contributed by atoms with van der Waals surface area (Å²) in [6, 6.07) is 3.77. The lowest BCUT2D eigenvalue weighted by Gasteiger charge is -2.40. The minimum Gasteiger partial charge on any atom is -0.484 e. The second-order valence-corrected chi connectivity index (χ2v) is 7.56. The van der Waals surface area contributed by atoms with Crippen LogP contribution in [0.25, 0.3) is 5.76 Å². The maximum atomic E-state index is 13.7. The number of benzene rings is 1. The number of amides is 1. The van der Waals surface area contributed by atoms with E-state index in [9.17, 15) is 18.8 Å². The quantitative estimate of drug-likeness (QED) is 0.568. The zero-order valence-electron chi connectivity index (χ0n) is 13.4. The van der Waals surface area contributed by atoms with Crippen molar-refractivity contribution in [3.8, 4) is 0 Å². The summed E-state index contributed by atoms with van der Waals surface area (Å²) in [5.74, 6) is -0.822. The topological polar surface area (TPSA) is 63.7 Å². The molecule has 0 aromatic heterocycles. The Morgan fingerprint density at radius 3 is 2.80 bits per heavy atom. The largest absolute Gasteiger partial charge is 0.484 e.